The van der Waals surface area contributed by atoms with Gasteiger partial charge >= 0.3 is 6.09 Å². The van der Waals surface area contributed by atoms with Gasteiger partial charge in [0.2, 0.25) is 0 Å². The molecule has 30 heavy (non-hydrogen) atoms. The first-order chi connectivity index (χ1) is 14.1. The molecule has 1 aliphatic rings. The number of ether oxygens (including phenoxy) is 1. The number of hydrogen-bond donors (Lipinski definition) is 2. The van der Waals surface area contributed by atoms with Crippen molar-refractivity contribution < 1.29 is 9.53 Å². The van der Waals surface area contributed by atoms with Crippen LogP contribution in [0.15, 0.2) is 53.5 Å². The molecule has 1 aliphatic heterocycles. The molecule has 0 fully saturated rings. The Labute approximate surface area is 187 Å². The van der Waals surface area contributed by atoms with Crippen LogP contribution in [0.5, 0.6) is 0 Å². The largest absolute Gasteiger partial charge is 0.444 e. The second-order valence-electron chi connectivity index (χ2n) is 8.48. The maximum absolute atomic E-state index is 12.1. The molecule has 0 bridgehead atoms. The molecule has 3 rings (SSSR count). The fourth-order valence-corrected chi connectivity index (χ4v) is 4.33. The lowest BCUT2D eigenvalue weighted by Gasteiger charge is -2.31. The molecule has 7 heteroatoms. The van der Waals surface area contributed by atoms with Crippen molar-refractivity contribution in [2.75, 3.05) is 11.1 Å². The van der Waals surface area contributed by atoms with Crippen molar-refractivity contribution in [1.82, 2.24) is 5.32 Å². The van der Waals surface area contributed by atoms with E-state index < -0.39 is 17.2 Å². The van der Waals surface area contributed by atoms with Gasteiger partial charge in [0.25, 0.3) is 0 Å². The highest BCUT2D eigenvalue weighted by molar-refractivity contribution is 8.13. The van der Waals surface area contributed by atoms with Crippen LogP contribution in [-0.4, -0.2) is 22.6 Å². The number of carbonyl (C=O) groups excluding carboxylic acids is 1. The number of benzene rings is 2. The van der Waals surface area contributed by atoms with E-state index in [1.807, 2.05) is 57.2 Å². The van der Waals surface area contributed by atoms with E-state index in [1.54, 1.807) is 0 Å². The Hall–Kier alpha value is -2.18. The van der Waals surface area contributed by atoms with Gasteiger partial charge in [0.05, 0.1) is 5.54 Å². The van der Waals surface area contributed by atoms with E-state index in [0.29, 0.717) is 11.7 Å². The van der Waals surface area contributed by atoms with Crippen LogP contribution in [0.2, 0.25) is 5.02 Å². The number of nitrogens with zero attached hydrogens (tertiary/aromatic N) is 1. The summed E-state index contributed by atoms with van der Waals surface area (Å²) in [4.78, 5) is 17.0. The van der Waals surface area contributed by atoms with Crippen molar-refractivity contribution in [2.45, 2.75) is 51.8 Å². The fraction of sp³-hybridized carbons (Fsp3) is 0.391. The van der Waals surface area contributed by atoms with Gasteiger partial charge in [0.15, 0.2) is 5.17 Å². The maximum atomic E-state index is 12.1. The monoisotopic (exact) mass is 445 g/mol. The lowest BCUT2D eigenvalue weighted by molar-refractivity contribution is 0.0564. The summed E-state index contributed by atoms with van der Waals surface area (Å²) in [5.74, 6) is 0.869. The van der Waals surface area contributed by atoms with Crippen LogP contribution in [0.25, 0.3) is 0 Å². The summed E-state index contributed by atoms with van der Waals surface area (Å²) in [5.41, 5.74) is 2.34. The summed E-state index contributed by atoms with van der Waals surface area (Å²) in [6.45, 7) is 8.34. The molecule has 160 valence electrons. The summed E-state index contributed by atoms with van der Waals surface area (Å²) in [5, 5.41) is 7.58. The second kappa shape index (κ2) is 9.31. The van der Waals surface area contributed by atoms with Crippen LogP contribution in [0.1, 0.15) is 45.2 Å². The number of thioether (sulfide) groups is 1. The average Bonchev–Trinajstić information content (AvgIpc) is 2.66. The van der Waals surface area contributed by atoms with Gasteiger partial charge in [-0.1, -0.05) is 47.6 Å². The summed E-state index contributed by atoms with van der Waals surface area (Å²) < 4.78 is 5.35. The Morgan fingerprint density at radius 1 is 1.23 bits per heavy atom. The highest BCUT2D eigenvalue weighted by atomic mass is 35.5. The molecule has 1 amide bonds. The zero-order valence-corrected chi connectivity index (χ0v) is 19.4. The third-order valence-corrected chi connectivity index (χ3v) is 5.81. The van der Waals surface area contributed by atoms with E-state index in [-0.39, 0.29) is 0 Å². The number of anilines is 1. The van der Waals surface area contributed by atoms with E-state index in [4.69, 9.17) is 21.3 Å². The van der Waals surface area contributed by atoms with Crippen LogP contribution >= 0.6 is 23.4 Å². The van der Waals surface area contributed by atoms with E-state index >= 15 is 0 Å². The summed E-state index contributed by atoms with van der Waals surface area (Å²) in [6, 6.07) is 16.1. The minimum Gasteiger partial charge on any atom is -0.444 e. The first-order valence-corrected chi connectivity index (χ1v) is 11.3. The van der Waals surface area contributed by atoms with Crippen molar-refractivity contribution in [3.63, 3.8) is 0 Å². The summed E-state index contributed by atoms with van der Waals surface area (Å²) in [6.07, 6.45) is 0.411. The molecule has 1 unspecified atom stereocenters. The lowest BCUT2D eigenvalue weighted by Crippen LogP contribution is -2.38. The summed E-state index contributed by atoms with van der Waals surface area (Å²) in [7, 11) is 0. The Morgan fingerprint density at radius 3 is 2.67 bits per heavy atom. The Kier molecular flexibility index (Phi) is 6.98. The molecule has 2 N–H and O–H groups in total. The van der Waals surface area contributed by atoms with E-state index in [0.717, 1.165) is 34.0 Å². The third kappa shape index (κ3) is 6.41. The van der Waals surface area contributed by atoms with Crippen molar-refractivity contribution >= 4 is 40.3 Å². The first kappa shape index (κ1) is 22.5. The third-order valence-electron chi connectivity index (χ3n) is 4.68. The quantitative estimate of drug-likeness (QED) is 0.589. The Bertz CT molecular complexity index is 925. The van der Waals surface area contributed by atoms with Gasteiger partial charge in [-0.05, 0) is 69.5 Å². The number of aliphatic imine (C=N–C) groups is 1. The maximum Gasteiger partial charge on any atom is 0.413 e. The van der Waals surface area contributed by atoms with Crippen LogP contribution < -0.4 is 10.6 Å². The standard InChI is InChI=1S/C23H28ClN3O2S/c1-22(2,3)29-21(28)26-20-27-23(4,12-13-30-20)17-6-5-7-19(14-17)25-15-16-8-10-18(24)11-9-16/h5-11,14,25H,12-13,15H2,1-4H3,(H,26,27,28). The minimum atomic E-state index is -0.544. The molecule has 1 atom stereocenters. The summed E-state index contributed by atoms with van der Waals surface area (Å²) >= 11 is 7.50. The molecule has 2 aromatic carbocycles. The van der Waals surface area contributed by atoms with Gasteiger partial charge in [0, 0.05) is 23.0 Å². The predicted octanol–water partition coefficient (Wildman–Crippen LogP) is 6.18. The fourth-order valence-electron chi connectivity index (χ4n) is 3.09. The van der Waals surface area contributed by atoms with Gasteiger partial charge in [-0.15, -0.1) is 0 Å². The van der Waals surface area contributed by atoms with E-state index in [2.05, 4.69) is 29.7 Å². The predicted molar refractivity (Wildman–Crippen MR) is 126 cm³/mol. The molecule has 0 aliphatic carbocycles. The number of rotatable bonds is 4. The van der Waals surface area contributed by atoms with Crippen LogP contribution in [-0.2, 0) is 16.8 Å². The number of carbonyl (C=O) groups is 1. The molecule has 0 aromatic heterocycles. The molecular weight excluding hydrogens is 418 g/mol. The highest BCUT2D eigenvalue weighted by Crippen LogP contribution is 2.36. The number of nitrogens with one attached hydrogen (secondary N) is 2. The average molecular weight is 446 g/mol. The number of hydrogen-bond acceptors (Lipinski definition) is 5. The molecule has 2 aromatic rings. The van der Waals surface area contributed by atoms with Crippen molar-refractivity contribution in [2.24, 2.45) is 4.99 Å². The SMILES string of the molecule is CC(C)(C)OC(=O)NC1=NC(C)(c2cccc(NCc3ccc(Cl)cc3)c2)CCS1. The molecular formula is C23H28ClN3O2S. The molecule has 0 radical (unpaired) electrons. The van der Waals surface area contributed by atoms with Crippen LogP contribution in [0.4, 0.5) is 10.5 Å². The second-order valence-corrected chi connectivity index (χ2v) is 10.00. The number of halogens is 1. The van der Waals surface area contributed by atoms with E-state index in [9.17, 15) is 4.79 Å². The van der Waals surface area contributed by atoms with Crippen molar-refractivity contribution in [1.29, 1.82) is 0 Å². The Balaban J connectivity index is 1.71. The Morgan fingerprint density at radius 2 is 1.97 bits per heavy atom. The van der Waals surface area contributed by atoms with Crippen molar-refractivity contribution in [3.8, 4) is 0 Å². The molecule has 1 heterocycles. The van der Waals surface area contributed by atoms with Gasteiger partial charge in [-0.25, -0.2) is 4.79 Å². The van der Waals surface area contributed by atoms with E-state index in [1.165, 1.54) is 11.8 Å². The zero-order chi connectivity index (χ0) is 21.8. The number of amides is 1. The minimum absolute atomic E-state index is 0.409. The first-order valence-electron chi connectivity index (χ1n) is 9.94. The molecule has 5 nitrogen and oxygen atoms in total. The smallest absolute Gasteiger partial charge is 0.413 e. The highest BCUT2D eigenvalue weighted by Gasteiger charge is 2.31. The van der Waals surface area contributed by atoms with Crippen LogP contribution in [0, 0.1) is 0 Å². The molecule has 0 saturated carbocycles. The van der Waals surface area contributed by atoms with Crippen LogP contribution in [0.3, 0.4) is 0 Å². The number of amidine groups is 1. The topological polar surface area (TPSA) is 62.7 Å². The van der Waals surface area contributed by atoms with Gasteiger partial charge in [0.1, 0.15) is 5.60 Å². The van der Waals surface area contributed by atoms with Crippen molar-refractivity contribution in [3.05, 3.63) is 64.7 Å². The van der Waals surface area contributed by atoms with Gasteiger partial charge < -0.3 is 10.1 Å². The number of alkyl carbamates (subject to hydrolysis) is 1. The lowest BCUT2D eigenvalue weighted by atomic mass is 9.89. The normalized spacial score (nSPS) is 19.0. The molecule has 0 spiro atoms. The van der Waals surface area contributed by atoms with Gasteiger partial charge in [-0.2, -0.15) is 0 Å². The zero-order valence-electron chi connectivity index (χ0n) is 17.8. The molecule has 0 saturated heterocycles. The van der Waals surface area contributed by atoms with Gasteiger partial charge in [-0.3, -0.25) is 10.3 Å².